The van der Waals surface area contributed by atoms with Crippen LogP contribution in [0, 0.1) is 0 Å². The minimum atomic E-state index is 0.0184. The molecule has 3 N–H and O–H groups in total. The lowest BCUT2D eigenvalue weighted by atomic mass is 9.97. The van der Waals surface area contributed by atoms with Crippen molar-refractivity contribution in [2.45, 2.75) is 34.1 Å². The molecule has 3 heterocycles. The molecular formula is C22H27N3OS. The highest BCUT2D eigenvalue weighted by atomic mass is 32.1. The summed E-state index contributed by atoms with van der Waals surface area (Å²) < 4.78 is 0. The van der Waals surface area contributed by atoms with Crippen molar-refractivity contribution in [1.82, 2.24) is 10.3 Å². The van der Waals surface area contributed by atoms with Crippen LogP contribution in [-0.2, 0) is 6.42 Å². The first-order valence-corrected chi connectivity index (χ1v) is 10.2. The second-order valence-electron chi connectivity index (χ2n) is 5.55. The van der Waals surface area contributed by atoms with E-state index in [1.807, 2.05) is 46.0 Å². The van der Waals surface area contributed by atoms with Crippen molar-refractivity contribution in [3.8, 4) is 20.9 Å². The number of hydrogen-bond acceptors (Lipinski definition) is 4. The number of rotatable bonds is 2. The number of nitrogens with zero attached hydrogens (tertiary/aromatic N) is 1. The number of hydrogen-bond donors (Lipinski definition) is 2. The van der Waals surface area contributed by atoms with E-state index in [-0.39, 0.29) is 5.91 Å². The average molecular weight is 382 g/mol. The smallest absolute Gasteiger partial charge is 0.251 e. The maximum absolute atomic E-state index is 12.0. The van der Waals surface area contributed by atoms with Gasteiger partial charge < -0.3 is 11.1 Å². The van der Waals surface area contributed by atoms with Crippen LogP contribution in [0.5, 0.6) is 0 Å². The number of nitrogen functional groups attached to an aromatic ring is 1. The topological polar surface area (TPSA) is 68.0 Å². The number of amides is 1. The Hall–Kier alpha value is -2.66. The quantitative estimate of drug-likeness (QED) is 0.625. The monoisotopic (exact) mass is 381 g/mol. The van der Waals surface area contributed by atoms with E-state index in [2.05, 4.69) is 34.6 Å². The van der Waals surface area contributed by atoms with Gasteiger partial charge in [-0.05, 0) is 41.8 Å². The first-order valence-electron chi connectivity index (χ1n) is 9.43. The predicted molar refractivity (Wildman–Crippen MR) is 116 cm³/mol. The summed E-state index contributed by atoms with van der Waals surface area (Å²) in [6.45, 7) is 8.72. The molecule has 1 aliphatic rings. The van der Waals surface area contributed by atoms with Crippen molar-refractivity contribution < 1.29 is 4.79 Å². The van der Waals surface area contributed by atoms with E-state index in [0.29, 0.717) is 5.69 Å². The van der Waals surface area contributed by atoms with Gasteiger partial charge in [-0.1, -0.05) is 39.8 Å². The molecule has 27 heavy (non-hydrogen) atoms. The lowest BCUT2D eigenvalue weighted by Crippen LogP contribution is -2.31. The molecule has 0 unspecified atom stereocenters. The molecule has 0 atom stereocenters. The molecule has 0 saturated heterocycles. The van der Waals surface area contributed by atoms with Crippen LogP contribution >= 0.6 is 11.3 Å². The van der Waals surface area contributed by atoms with Gasteiger partial charge in [0.1, 0.15) is 0 Å². The third kappa shape index (κ3) is 4.74. The number of fused-ring (bicyclic) bond motifs is 1. The molecular weight excluding hydrogens is 354 g/mol. The second kappa shape index (κ2) is 9.88. The molecule has 0 radical (unpaired) electrons. The minimum absolute atomic E-state index is 0.0184. The number of nitrogens with two attached hydrogens (primary N) is 1. The fraction of sp³-hybridized carbons (Fsp3) is 0.273. The van der Waals surface area contributed by atoms with Gasteiger partial charge in [-0.2, -0.15) is 0 Å². The van der Waals surface area contributed by atoms with Crippen LogP contribution in [0.15, 0.2) is 48.8 Å². The molecule has 0 fully saturated rings. The highest BCUT2D eigenvalue weighted by molar-refractivity contribution is 7.18. The van der Waals surface area contributed by atoms with Crippen molar-refractivity contribution in [2.24, 2.45) is 0 Å². The number of carbonyl (C=O) groups is 1. The summed E-state index contributed by atoms with van der Waals surface area (Å²) in [7, 11) is 0. The Morgan fingerprint density at radius 1 is 0.963 bits per heavy atom. The SMILES string of the molecule is CC.CC.Nc1cncc(-c2ccc(-c3ccc4c(c3)C(=O)NCC4)s2)c1. The Morgan fingerprint density at radius 2 is 1.67 bits per heavy atom. The highest BCUT2D eigenvalue weighted by Gasteiger charge is 2.17. The molecule has 142 valence electrons. The standard InChI is InChI=1S/C18H15N3OS.2C2H6/c19-14-7-13(9-20-10-14)17-4-3-16(23-17)12-2-1-11-5-6-21-18(22)15(11)8-12;2*1-2/h1-4,7-10H,5-6,19H2,(H,21,22);2*1-2H3. The van der Waals surface area contributed by atoms with Crippen molar-refractivity contribution in [1.29, 1.82) is 0 Å². The predicted octanol–water partition coefficient (Wildman–Crippen LogP) is 5.40. The van der Waals surface area contributed by atoms with Crippen LogP contribution in [0.4, 0.5) is 5.69 Å². The summed E-state index contributed by atoms with van der Waals surface area (Å²) in [5.74, 6) is 0.0184. The molecule has 3 aromatic rings. The van der Waals surface area contributed by atoms with Gasteiger partial charge in [0.25, 0.3) is 5.91 Å². The molecule has 0 aliphatic carbocycles. The summed E-state index contributed by atoms with van der Waals surface area (Å²) in [4.78, 5) is 18.4. The second-order valence-corrected chi connectivity index (χ2v) is 6.63. The zero-order valence-corrected chi connectivity index (χ0v) is 17.2. The first-order chi connectivity index (χ1) is 13.2. The third-order valence-corrected chi connectivity index (χ3v) is 5.15. The van der Waals surface area contributed by atoms with E-state index in [1.54, 1.807) is 17.5 Å². The Kier molecular flexibility index (Phi) is 7.55. The number of nitrogens with one attached hydrogen (secondary N) is 1. The number of pyridine rings is 1. The summed E-state index contributed by atoms with van der Waals surface area (Å²) in [5.41, 5.74) is 10.4. The molecule has 2 aromatic heterocycles. The molecule has 0 spiro atoms. The summed E-state index contributed by atoms with van der Waals surface area (Å²) in [6.07, 6.45) is 4.35. The van der Waals surface area contributed by atoms with E-state index >= 15 is 0 Å². The Morgan fingerprint density at radius 3 is 2.37 bits per heavy atom. The van der Waals surface area contributed by atoms with Crippen molar-refractivity contribution >= 4 is 22.9 Å². The van der Waals surface area contributed by atoms with Crippen LogP contribution in [0.2, 0.25) is 0 Å². The summed E-state index contributed by atoms with van der Waals surface area (Å²) >= 11 is 1.67. The number of aromatic nitrogens is 1. The van der Waals surface area contributed by atoms with E-state index in [1.165, 1.54) is 0 Å². The van der Waals surface area contributed by atoms with Crippen LogP contribution in [0.3, 0.4) is 0 Å². The fourth-order valence-electron chi connectivity index (χ4n) is 2.81. The number of benzene rings is 1. The van der Waals surface area contributed by atoms with Crippen molar-refractivity contribution in [2.75, 3.05) is 12.3 Å². The van der Waals surface area contributed by atoms with Gasteiger partial charge in [-0.3, -0.25) is 9.78 Å². The van der Waals surface area contributed by atoms with Crippen molar-refractivity contribution in [3.05, 3.63) is 59.9 Å². The number of thiophene rings is 1. The van der Waals surface area contributed by atoms with Gasteiger partial charge in [0.2, 0.25) is 0 Å². The lowest BCUT2D eigenvalue weighted by Gasteiger charge is -2.16. The van der Waals surface area contributed by atoms with Crippen molar-refractivity contribution in [3.63, 3.8) is 0 Å². The largest absolute Gasteiger partial charge is 0.397 e. The molecule has 1 aromatic carbocycles. The van der Waals surface area contributed by atoms with Gasteiger partial charge in [-0.25, -0.2) is 0 Å². The molecule has 4 nitrogen and oxygen atoms in total. The minimum Gasteiger partial charge on any atom is -0.397 e. The van der Waals surface area contributed by atoms with E-state index in [4.69, 9.17) is 5.73 Å². The van der Waals surface area contributed by atoms with E-state index in [9.17, 15) is 4.79 Å². The van der Waals surface area contributed by atoms with Crippen LogP contribution < -0.4 is 11.1 Å². The summed E-state index contributed by atoms with van der Waals surface area (Å²) in [5, 5.41) is 2.90. The Bertz CT molecular complexity index is 902. The number of carbonyl (C=O) groups excluding carboxylic acids is 1. The molecule has 5 heteroatoms. The Balaban J connectivity index is 0.000000614. The maximum atomic E-state index is 12.0. The molecule has 1 aliphatic heterocycles. The highest BCUT2D eigenvalue weighted by Crippen LogP contribution is 2.35. The third-order valence-electron chi connectivity index (χ3n) is 3.97. The zero-order chi connectivity index (χ0) is 19.8. The van der Waals surface area contributed by atoms with Gasteiger partial charge in [0, 0.05) is 39.8 Å². The maximum Gasteiger partial charge on any atom is 0.251 e. The average Bonchev–Trinajstić information content (AvgIpc) is 3.22. The zero-order valence-electron chi connectivity index (χ0n) is 16.4. The van der Waals surface area contributed by atoms with E-state index < -0.39 is 0 Å². The van der Waals surface area contributed by atoms with Crippen LogP contribution in [-0.4, -0.2) is 17.4 Å². The van der Waals surface area contributed by atoms with Gasteiger partial charge in [0.05, 0.1) is 5.69 Å². The molecule has 4 rings (SSSR count). The normalized spacial score (nSPS) is 11.9. The Labute approximate surface area is 165 Å². The lowest BCUT2D eigenvalue weighted by molar-refractivity contribution is 0.0946. The molecule has 1 amide bonds. The fourth-order valence-corrected chi connectivity index (χ4v) is 3.79. The van der Waals surface area contributed by atoms with Gasteiger partial charge >= 0.3 is 0 Å². The summed E-state index contributed by atoms with van der Waals surface area (Å²) in [6, 6.07) is 12.2. The van der Waals surface area contributed by atoms with Crippen LogP contribution in [0.1, 0.15) is 43.6 Å². The van der Waals surface area contributed by atoms with Crippen LogP contribution in [0.25, 0.3) is 20.9 Å². The van der Waals surface area contributed by atoms with Gasteiger partial charge in [0.15, 0.2) is 0 Å². The van der Waals surface area contributed by atoms with E-state index in [0.717, 1.165) is 45.0 Å². The molecule has 0 bridgehead atoms. The first kappa shape index (κ1) is 20.6. The van der Waals surface area contributed by atoms with Gasteiger partial charge in [-0.15, -0.1) is 11.3 Å². The molecule has 0 saturated carbocycles. The number of anilines is 1.